The Morgan fingerprint density at radius 2 is 1.96 bits per heavy atom. The molecule has 26 heavy (non-hydrogen) atoms. The zero-order chi connectivity index (χ0) is 18.7. The van der Waals surface area contributed by atoms with Crippen molar-refractivity contribution in [3.63, 3.8) is 0 Å². The largest absolute Gasteiger partial charge is 0.376 e. The first-order chi connectivity index (χ1) is 11.9. The average Bonchev–Trinajstić information content (AvgIpc) is 2.57. The van der Waals surface area contributed by atoms with Crippen molar-refractivity contribution >= 4 is 35.8 Å². The van der Waals surface area contributed by atoms with E-state index >= 15 is 0 Å². The summed E-state index contributed by atoms with van der Waals surface area (Å²) in [5.41, 5.74) is 0. The van der Waals surface area contributed by atoms with E-state index in [0.717, 1.165) is 38.3 Å². The van der Waals surface area contributed by atoms with Crippen molar-refractivity contribution in [2.75, 3.05) is 33.8 Å². The van der Waals surface area contributed by atoms with Crippen molar-refractivity contribution in [3.8, 4) is 0 Å². The van der Waals surface area contributed by atoms with Crippen LogP contribution in [0, 0.1) is 5.92 Å². The molecule has 1 amide bonds. The van der Waals surface area contributed by atoms with Crippen LogP contribution in [0.2, 0.25) is 0 Å². The minimum Gasteiger partial charge on any atom is -0.376 e. The van der Waals surface area contributed by atoms with E-state index in [2.05, 4.69) is 36.4 Å². The summed E-state index contributed by atoms with van der Waals surface area (Å²) in [6.45, 7) is 8.42. The number of nitrogens with one attached hydrogen (secondary N) is 2. The molecule has 1 aliphatic rings. The number of ether oxygens (including phenoxy) is 1. The molecule has 1 heterocycles. The summed E-state index contributed by atoms with van der Waals surface area (Å²) in [5.74, 6) is 1.45. The van der Waals surface area contributed by atoms with Gasteiger partial charge in [0.25, 0.3) is 0 Å². The molecule has 0 aromatic carbocycles. The zero-order valence-corrected chi connectivity index (χ0v) is 19.5. The van der Waals surface area contributed by atoms with Crippen LogP contribution in [0.3, 0.4) is 0 Å². The van der Waals surface area contributed by atoms with E-state index in [9.17, 15) is 4.79 Å². The first-order valence-electron chi connectivity index (χ1n) is 9.75. The van der Waals surface area contributed by atoms with Gasteiger partial charge in [0.05, 0.1) is 6.10 Å². The van der Waals surface area contributed by atoms with Crippen molar-refractivity contribution in [3.05, 3.63) is 0 Å². The molecule has 154 valence electrons. The summed E-state index contributed by atoms with van der Waals surface area (Å²) in [5, 5.41) is 6.79. The van der Waals surface area contributed by atoms with E-state index < -0.39 is 0 Å². The Bertz CT molecular complexity index is 410. The van der Waals surface area contributed by atoms with Gasteiger partial charge in [-0.15, -0.1) is 24.0 Å². The SMILES string of the molecule is CC(C)CCCC(C)NC(=NCC(=O)N(C)C)NCC1CCCCO1.I. The highest BCUT2D eigenvalue weighted by Crippen LogP contribution is 2.11. The number of carbonyl (C=O) groups excluding carboxylic acids is 1. The van der Waals surface area contributed by atoms with E-state index in [1.165, 1.54) is 19.3 Å². The second-order valence-corrected chi connectivity index (χ2v) is 7.69. The number of aliphatic imine (C=N–C) groups is 1. The summed E-state index contributed by atoms with van der Waals surface area (Å²) in [6.07, 6.45) is 7.22. The van der Waals surface area contributed by atoms with Gasteiger partial charge in [-0.2, -0.15) is 0 Å². The van der Waals surface area contributed by atoms with E-state index in [1.807, 2.05) is 0 Å². The standard InChI is InChI=1S/C19H38N4O2.HI/c1-15(2)9-8-10-16(3)22-19(21-14-18(24)23(4)5)20-13-17-11-6-7-12-25-17;/h15-17H,6-14H2,1-5H3,(H2,20,21,22);1H. The van der Waals surface area contributed by atoms with Crippen LogP contribution in [0.5, 0.6) is 0 Å². The van der Waals surface area contributed by atoms with Crippen LogP contribution >= 0.6 is 24.0 Å². The monoisotopic (exact) mass is 482 g/mol. The Morgan fingerprint density at radius 1 is 1.23 bits per heavy atom. The van der Waals surface area contributed by atoms with Crippen LogP contribution in [0.1, 0.15) is 59.3 Å². The van der Waals surface area contributed by atoms with Crippen LogP contribution in [0.25, 0.3) is 0 Å². The maximum Gasteiger partial charge on any atom is 0.243 e. The molecule has 0 aromatic rings. The third kappa shape index (κ3) is 11.9. The maximum atomic E-state index is 11.8. The molecular formula is C19H39IN4O2. The number of likely N-dealkylation sites (N-methyl/N-ethyl adjacent to an activating group) is 1. The Morgan fingerprint density at radius 3 is 2.54 bits per heavy atom. The Kier molecular flexibility index (Phi) is 14.2. The van der Waals surface area contributed by atoms with Gasteiger partial charge in [-0.3, -0.25) is 4.79 Å². The van der Waals surface area contributed by atoms with E-state index in [-0.39, 0.29) is 42.5 Å². The average molecular weight is 482 g/mol. The number of nitrogens with zero attached hydrogens (tertiary/aromatic N) is 2. The van der Waals surface area contributed by atoms with Crippen molar-refractivity contribution < 1.29 is 9.53 Å². The van der Waals surface area contributed by atoms with Gasteiger partial charge in [0.1, 0.15) is 6.54 Å². The fourth-order valence-electron chi connectivity index (χ4n) is 2.76. The van der Waals surface area contributed by atoms with Crippen molar-refractivity contribution in [2.45, 2.75) is 71.4 Å². The number of rotatable bonds is 9. The molecule has 0 aromatic heterocycles. The van der Waals surface area contributed by atoms with Gasteiger partial charge in [0.15, 0.2) is 5.96 Å². The van der Waals surface area contributed by atoms with Crippen LogP contribution in [-0.2, 0) is 9.53 Å². The summed E-state index contributed by atoms with van der Waals surface area (Å²) in [7, 11) is 3.51. The van der Waals surface area contributed by atoms with Gasteiger partial charge in [0, 0.05) is 33.3 Å². The lowest BCUT2D eigenvalue weighted by Gasteiger charge is -2.25. The molecule has 1 aliphatic heterocycles. The molecule has 2 N–H and O–H groups in total. The molecule has 2 unspecified atom stereocenters. The smallest absolute Gasteiger partial charge is 0.243 e. The van der Waals surface area contributed by atoms with Gasteiger partial charge in [-0.25, -0.2) is 4.99 Å². The fraction of sp³-hybridized carbons (Fsp3) is 0.895. The number of halogens is 1. The molecule has 0 spiro atoms. The third-order valence-electron chi connectivity index (χ3n) is 4.44. The molecule has 7 heteroatoms. The number of carbonyl (C=O) groups is 1. The molecule has 6 nitrogen and oxygen atoms in total. The molecule has 1 rings (SSSR count). The lowest BCUT2D eigenvalue weighted by molar-refractivity contribution is -0.127. The Labute approximate surface area is 176 Å². The highest BCUT2D eigenvalue weighted by atomic mass is 127. The number of hydrogen-bond acceptors (Lipinski definition) is 3. The lowest BCUT2D eigenvalue weighted by atomic mass is 10.0. The van der Waals surface area contributed by atoms with Crippen molar-refractivity contribution in [1.82, 2.24) is 15.5 Å². The summed E-state index contributed by atoms with van der Waals surface area (Å²) >= 11 is 0. The van der Waals surface area contributed by atoms with Gasteiger partial charge in [-0.1, -0.05) is 26.7 Å². The molecule has 1 saturated heterocycles. The Balaban J connectivity index is 0.00000625. The maximum absolute atomic E-state index is 11.8. The van der Waals surface area contributed by atoms with Crippen LogP contribution in [0.4, 0.5) is 0 Å². The zero-order valence-electron chi connectivity index (χ0n) is 17.2. The second kappa shape index (κ2) is 14.5. The summed E-state index contributed by atoms with van der Waals surface area (Å²) < 4.78 is 5.77. The molecular weight excluding hydrogens is 443 g/mol. The predicted octanol–water partition coefficient (Wildman–Crippen LogP) is 3.01. The van der Waals surface area contributed by atoms with Gasteiger partial charge >= 0.3 is 0 Å². The van der Waals surface area contributed by atoms with Crippen LogP contribution in [-0.4, -0.2) is 62.7 Å². The number of guanidine groups is 1. The van der Waals surface area contributed by atoms with Crippen LogP contribution < -0.4 is 10.6 Å². The molecule has 0 aliphatic carbocycles. The van der Waals surface area contributed by atoms with Crippen LogP contribution in [0.15, 0.2) is 4.99 Å². The summed E-state index contributed by atoms with van der Waals surface area (Å²) in [6, 6.07) is 0.326. The molecule has 0 radical (unpaired) electrons. The fourth-order valence-corrected chi connectivity index (χ4v) is 2.76. The minimum absolute atomic E-state index is 0. The normalized spacial score (nSPS) is 18.8. The highest BCUT2D eigenvalue weighted by molar-refractivity contribution is 14.0. The predicted molar refractivity (Wildman–Crippen MR) is 119 cm³/mol. The van der Waals surface area contributed by atoms with Crippen molar-refractivity contribution in [2.24, 2.45) is 10.9 Å². The minimum atomic E-state index is 0. The van der Waals surface area contributed by atoms with Gasteiger partial charge < -0.3 is 20.3 Å². The summed E-state index contributed by atoms with van der Waals surface area (Å²) in [4.78, 5) is 17.9. The molecule has 2 atom stereocenters. The quantitative estimate of drug-likeness (QED) is 0.301. The highest BCUT2D eigenvalue weighted by Gasteiger charge is 2.15. The van der Waals surface area contributed by atoms with Gasteiger partial charge in [0.2, 0.25) is 5.91 Å². The first kappa shape index (κ1) is 25.4. The van der Waals surface area contributed by atoms with Crippen molar-refractivity contribution in [1.29, 1.82) is 0 Å². The topological polar surface area (TPSA) is 66.0 Å². The number of amides is 1. The first-order valence-corrected chi connectivity index (χ1v) is 9.75. The third-order valence-corrected chi connectivity index (χ3v) is 4.44. The lowest BCUT2D eigenvalue weighted by Crippen LogP contribution is -2.46. The molecule has 0 bridgehead atoms. The Hall–Kier alpha value is -0.570. The van der Waals surface area contributed by atoms with E-state index in [0.29, 0.717) is 12.0 Å². The molecule has 0 saturated carbocycles. The second-order valence-electron chi connectivity index (χ2n) is 7.69. The van der Waals surface area contributed by atoms with E-state index in [4.69, 9.17) is 4.74 Å². The van der Waals surface area contributed by atoms with E-state index in [1.54, 1.807) is 19.0 Å². The van der Waals surface area contributed by atoms with Gasteiger partial charge in [-0.05, 0) is 38.5 Å². The number of hydrogen-bond donors (Lipinski definition) is 2. The molecule has 1 fully saturated rings.